The highest BCUT2D eigenvalue weighted by atomic mass is 32.1. The molecule has 1 heterocycles. The molecule has 0 bridgehead atoms. The molecule has 1 nitrogen and oxygen atoms in total. The van der Waals surface area contributed by atoms with Crippen LogP contribution in [0.5, 0.6) is 0 Å². The van der Waals surface area contributed by atoms with Gasteiger partial charge in [0.25, 0.3) is 0 Å². The van der Waals surface area contributed by atoms with E-state index in [4.69, 9.17) is 4.74 Å². The van der Waals surface area contributed by atoms with Gasteiger partial charge in [0.2, 0.25) is 0 Å². The highest BCUT2D eigenvalue weighted by Crippen LogP contribution is 2.16. The quantitative estimate of drug-likeness (QED) is 0.347. The first-order chi connectivity index (χ1) is 3.93. The minimum atomic E-state index is 0.620. The standard InChI is InChI=1S/C6H12OS/c8-4-2-1-3-6-5-7-6/h6,8H,1-5H2. The van der Waals surface area contributed by atoms with E-state index in [1.807, 2.05) is 0 Å². The van der Waals surface area contributed by atoms with Crippen molar-refractivity contribution in [3.63, 3.8) is 0 Å². The van der Waals surface area contributed by atoms with Crippen molar-refractivity contribution in [1.29, 1.82) is 0 Å². The van der Waals surface area contributed by atoms with Gasteiger partial charge in [0.05, 0.1) is 12.7 Å². The van der Waals surface area contributed by atoms with Crippen LogP contribution < -0.4 is 0 Å². The molecule has 0 aliphatic carbocycles. The van der Waals surface area contributed by atoms with Gasteiger partial charge in [-0.05, 0) is 25.0 Å². The summed E-state index contributed by atoms with van der Waals surface area (Å²) in [5, 5.41) is 0. The average molecular weight is 132 g/mol. The van der Waals surface area contributed by atoms with Crippen LogP contribution in [-0.2, 0) is 4.74 Å². The van der Waals surface area contributed by atoms with Crippen molar-refractivity contribution in [2.75, 3.05) is 12.4 Å². The second kappa shape index (κ2) is 3.36. The summed E-state index contributed by atoms with van der Waals surface area (Å²) in [4.78, 5) is 0. The summed E-state index contributed by atoms with van der Waals surface area (Å²) in [5.41, 5.74) is 0. The molecule has 0 radical (unpaired) electrons. The summed E-state index contributed by atoms with van der Waals surface area (Å²) >= 11 is 4.10. The summed E-state index contributed by atoms with van der Waals surface area (Å²) < 4.78 is 5.03. The van der Waals surface area contributed by atoms with Gasteiger partial charge in [-0.15, -0.1) is 0 Å². The fourth-order valence-corrected chi connectivity index (χ4v) is 0.942. The molecule has 2 heteroatoms. The topological polar surface area (TPSA) is 12.5 Å². The van der Waals surface area contributed by atoms with Crippen molar-refractivity contribution >= 4 is 12.6 Å². The van der Waals surface area contributed by atoms with Gasteiger partial charge >= 0.3 is 0 Å². The summed E-state index contributed by atoms with van der Waals surface area (Å²) in [6, 6.07) is 0. The molecule has 1 saturated heterocycles. The first-order valence-electron chi connectivity index (χ1n) is 3.16. The second-order valence-corrected chi connectivity index (χ2v) is 2.62. The van der Waals surface area contributed by atoms with Crippen molar-refractivity contribution in [2.24, 2.45) is 0 Å². The maximum Gasteiger partial charge on any atom is 0.0810 e. The van der Waals surface area contributed by atoms with Crippen LogP contribution in [0.15, 0.2) is 0 Å². The van der Waals surface area contributed by atoms with Crippen molar-refractivity contribution < 1.29 is 4.74 Å². The second-order valence-electron chi connectivity index (χ2n) is 2.17. The summed E-state index contributed by atoms with van der Waals surface area (Å²) in [6.45, 7) is 1.01. The van der Waals surface area contributed by atoms with Crippen LogP contribution in [0, 0.1) is 0 Å². The van der Waals surface area contributed by atoms with Crippen LogP contribution in [0.3, 0.4) is 0 Å². The van der Waals surface area contributed by atoms with Crippen LogP contribution in [0.25, 0.3) is 0 Å². The largest absolute Gasteiger partial charge is 0.373 e. The third-order valence-corrected chi connectivity index (χ3v) is 1.65. The van der Waals surface area contributed by atoms with Gasteiger partial charge in [-0.1, -0.05) is 0 Å². The van der Waals surface area contributed by atoms with E-state index in [2.05, 4.69) is 12.6 Å². The molecule has 0 saturated carbocycles. The zero-order chi connectivity index (χ0) is 5.82. The van der Waals surface area contributed by atoms with E-state index >= 15 is 0 Å². The molecule has 8 heavy (non-hydrogen) atoms. The number of ether oxygens (including phenoxy) is 1. The van der Waals surface area contributed by atoms with Crippen LogP contribution in [-0.4, -0.2) is 18.5 Å². The highest BCUT2D eigenvalue weighted by Gasteiger charge is 2.20. The first-order valence-corrected chi connectivity index (χ1v) is 3.79. The average Bonchev–Trinajstić information content (AvgIpc) is 2.51. The van der Waals surface area contributed by atoms with Crippen molar-refractivity contribution in [3.05, 3.63) is 0 Å². The molecule has 0 N–H and O–H groups in total. The predicted molar refractivity (Wildman–Crippen MR) is 37.4 cm³/mol. The van der Waals surface area contributed by atoms with Gasteiger partial charge in [0, 0.05) is 0 Å². The number of rotatable bonds is 4. The van der Waals surface area contributed by atoms with Gasteiger partial charge in [0.1, 0.15) is 0 Å². The molecule has 0 aromatic heterocycles. The Morgan fingerprint density at radius 1 is 1.50 bits per heavy atom. The Bertz CT molecular complexity index is 61.5. The SMILES string of the molecule is SCCCCC1CO1. The molecule has 1 unspecified atom stereocenters. The number of epoxide rings is 1. The fraction of sp³-hybridized carbons (Fsp3) is 1.00. The Balaban J connectivity index is 1.74. The minimum absolute atomic E-state index is 0.620. The fourth-order valence-electron chi connectivity index (χ4n) is 0.719. The molecule has 0 aromatic rings. The third kappa shape index (κ3) is 2.58. The van der Waals surface area contributed by atoms with Crippen molar-refractivity contribution in [3.8, 4) is 0 Å². The Hall–Kier alpha value is 0.310. The number of thiol groups is 1. The number of unbranched alkanes of at least 4 members (excludes halogenated alkanes) is 1. The van der Waals surface area contributed by atoms with Gasteiger partial charge in [-0.25, -0.2) is 0 Å². The molecule has 0 amide bonds. The normalized spacial score (nSPS) is 25.9. The summed E-state index contributed by atoms with van der Waals surface area (Å²) in [6.07, 6.45) is 4.40. The van der Waals surface area contributed by atoms with Crippen molar-refractivity contribution in [2.45, 2.75) is 25.4 Å². The molecule has 1 rings (SSSR count). The Morgan fingerprint density at radius 3 is 2.75 bits per heavy atom. The van der Waals surface area contributed by atoms with Crippen LogP contribution in [0.2, 0.25) is 0 Å². The number of hydrogen-bond acceptors (Lipinski definition) is 2. The lowest BCUT2D eigenvalue weighted by Crippen LogP contribution is -1.84. The summed E-state index contributed by atoms with van der Waals surface area (Å²) in [7, 11) is 0. The van der Waals surface area contributed by atoms with Gasteiger partial charge in [0.15, 0.2) is 0 Å². The highest BCUT2D eigenvalue weighted by molar-refractivity contribution is 7.80. The van der Waals surface area contributed by atoms with Gasteiger partial charge in [-0.2, -0.15) is 12.6 Å². The molecule has 1 aliphatic rings. The molecule has 1 aliphatic heterocycles. The molecular weight excluding hydrogens is 120 g/mol. The van der Waals surface area contributed by atoms with Crippen LogP contribution in [0.1, 0.15) is 19.3 Å². The third-order valence-electron chi connectivity index (χ3n) is 1.34. The van der Waals surface area contributed by atoms with E-state index in [9.17, 15) is 0 Å². The smallest absolute Gasteiger partial charge is 0.0810 e. The van der Waals surface area contributed by atoms with Gasteiger partial charge < -0.3 is 4.74 Å². The zero-order valence-electron chi connectivity index (χ0n) is 4.97. The van der Waals surface area contributed by atoms with E-state index in [-0.39, 0.29) is 0 Å². The Labute approximate surface area is 55.8 Å². The lowest BCUT2D eigenvalue weighted by molar-refractivity contribution is 0.391. The Kier molecular flexibility index (Phi) is 2.70. The lowest BCUT2D eigenvalue weighted by Gasteiger charge is -1.90. The van der Waals surface area contributed by atoms with Crippen molar-refractivity contribution in [1.82, 2.24) is 0 Å². The zero-order valence-corrected chi connectivity index (χ0v) is 5.86. The Morgan fingerprint density at radius 2 is 2.25 bits per heavy atom. The molecular formula is C6H12OS. The van der Waals surface area contributed by atoms with E-state index < -0.39 is 0 Å². The molecule has 1 fully saturated rings. The van der Waals surface area contributed by atoms with Crippen LogP contribution in [0.4, 0.5) is 0 Å². The monoisotopic (exact) mass is 132 g/mol. The van der Waals surface area contributed by atoms with Gasteiger partial charge in [-0.3, -0.25) is 0 Å². The number of hydrogen-bond donors (Lipinski definition) is 1. The van der Waals surface area contributed by atoms with E-state index in [0.29, 0.717) is 6.10 Å². The maximum absolute atomic E-state index is 5.03. The molecule has 1 atom stereocenters. The summed E-state index contributed by atoms with van der Waals surface area (Å²) in [5.74, 6) is 1.02. The minimum Gasteiger partial charge on any atom is -0.373 e. The molecule has 48 valence electrons. The van der Waals surface area contributed by atoms with E-state index in [0.717, 1.165) is 12.4 Å². The molecule has 0 aromatic carbocycles. The van der Waals surface area contributed by atoms with E-state index in [1.165, 1.54) is 19.3 Å². The predicted octanol–water partition coefficient (Wildman–Crippen LogP) is 1.49. The van der Waals surface area contributed by atoms with Crippen LogP contribution >= 0.6 is 12.6 Å². The molecule has 0 spiro atoms. The maximum atomic E-state index is 5.03. The van der Waals surface area contributed by atoms with E-state index in [1.54, 1.807) is 0 Å². The first kappa shape index (κ1) is 6.43. The lowest BCUT2D eigenvalue weighted by atomic mass is 10.2.